The number of amides is 1. The monoisotopic (exact) mass is 461 g/mol. The number of hydrogen-bond acceptors (Lipinski definition) is 6. The molecular weight excluding hydrogens is 441 g/mol. The number of halogens is 1. The summed E-state index contributed by atoms with van der Waals surface area (Å²) in [5.74, 6) is -3.29. The SMILES string of the molecule is COC(=O)c1ccc(CN2C(=O)C(=O)/C(=C(/O)c3ccc(F)cc3)C2c2cccc(O)c2)cc1. The van der Waals surface area contributed by atoms with E-state index in [1.54, 1.807) is 36.4 Å². The van der Waals surface area contributed by atoms with Crippen LogP contribution in [0.4, 0.5) is 4.39 Å². The smallest absolute Gasteiger partial charge is 0.337 e. The van der Waals surface area contributed by atoms with Crippen LogP contribution < -0.4 is 0 Å². The molecule has 1 heterocycles. The lowest BCUT2D eigenvalue weighted by atomic mass is 9.95. The van der Waals surface area contributed by atoms with Gasteiger partial charge in [0.2, 0.25) is 0 Å². The number of aliphatic hydroxyl groups is 1. The zero-order valence-corrected chi connectivity index (χ0v) is 18.1. The van der Waals surface area contributed by atoms with E-state index in [0.717, 1.165) is 12.1 Å². The molecule has 0 aliphatic carbocycles. The molecule has 1 fully saturated rings. The average Bonchev–Trinajstić information content (AvgIpc) is 3.09. The molecule has 1 saturated heterocycles. The Kier molecular flexibility index (Phi) is 6.14. The first-order chi connectivity index (χ1) is 16.3. The fourth-order valence-corrected chi connectivity index (χ4v) is 3.91. The van der Waals surface area contributed by atoms with Crippen LogP contribution in [0.2, 0.25) is 0 Å². The Balaban J connectivity index is 1.79. The number of hydrogen-bond donors (Lipinski definition) is 2. The second-order valence-electron chi connectivity index (χ2n) is 7.72. The average molecular weight is 461 g/mol. The van der Waals surface area contributed by atoms with Crippen LogP contribution in [0, 0.1) is 5.82 Å². The number of rotatable bonds is 5. The molecule has 1 aliphatic rings. The van der Waals surface area contributed by atoms with Crippen molar-refractivity contribution in [3.05, 3.63) is 106 Å². The molecule has 7 nitrogen and oxygen atoms in total. The van der Waals surface area contributed by atoms with Gasteiger partial charge in [-0.15, -0.1) is 0 Å². The number of phenolic OH excluding ortho intramolecular Hbond substituents is 1. The molecule has 0 bridgehead atoms. The number of esters is 1. The third-order valence-corrected chi connectivity index (χ3v) is 5.57. The first-order valence-electron chi connectivity index (χ1n) is 10.3. The molecule has 1 unspecified atom stereocenters. The van der Waals surface area contributed by atoms with Crippen molar-refractivity contribution in [3.8, 4) is 5.75 Å². The van der Waals surface area contributed by atoms with Crippen molar-refractivity contribution in [3.63, 3.8) is 0 Å². The topological polar surface area (TPSA) is 104 Å². The normalized spacial score (nSPS) is 17.1. The lowest BCUT2D eigenvalue weighted by molar-refractivity contribution is -0.140. The molecule has 8 heteroatoms. The first kappa shape index (κ1) is 22.7. The summed E-state index contributed by atoms with van der Waals surface area (Å²) >= 11 is 0. The van der Waals surface area contributed by atoms with Crippen LogP contribution in [0.5, 0.6) is 5.75 Å². The van der Waals surface area contributed by atoms with Gasteiger partial charge in [-0.2, -0.15) is 0 Å². The maximum absolute atomic E-state index is 13.4. The number of nitrogens with zero attached hydrogens (tertiary/aromatic N) is 1. The van der Waals surface area contributed by atoms with Crippen molar-refractivity contribution in [2.45, 2.75) is 12.6 Å². The zero-order valence-electron chi connectivity index (χ0n) is 18.1. The molecule has 0 saturated carbocycles. The van der Waals surface area contributed by atoms with E-state index in [4.69, 9.17) is 0 Å². The van der Waals surface area contributed by atoms with E-state index in [0.29, 0.717) is 16.7 Å². The number of benzene rings is 3. The van der Waals surface area contributed by atoms with Gasteiger partial charge in [-0.05, 0) is 59.7 Å². The highest BCUT2D eigenvalue weighted by atomic mass is 19.1. The van der Waals surface area contributed by atoms with Gasteiger partial charge in [0.1, 0.15) is 17.3 Å². The van der Waals surface area contributed by atoms with Crippen molar-refractivity contribution in [1.29, 1.82) is 0 Å². The number of methoxy groups -OCH3 is 1. The van der Waals surface area contributed by atoms with Crippen LogP contribution >= 0.6 is 0 Å². The highest BCUT2D eigenvalue weighted by Gasteiger charge is 2.46. The van der Waals surface area contributed by atoms with Gasteiger partial charge >= 0.3 is 5.97 Å². The summed E-state index contributed by atoms with van der Waals surface area (Å²) in [6.45, 7) is -0.00739. The minimum Gasteiger partial charge on any atom is -0.508 e. The van der Waals surface area contributed by atoms with Gasteiger partial charge in [-0.25, -0.2) is 9.18 Å². The molecule has 172 valence electrons. The lowest BCUT2D eigenvalue weighted by Crippen LogP contribution is -2.29. The summed E-state index contributed by atoms with van der Waals surface area (Å²) in [5.41, 5.74) is 1.37. The molecule has 4 rings (SSSR count). The molecule has 34 heavy (non-hydrogen) atoms. The molecule has 3 aromatic rings. The Labute approximate surface area is 194 Å². The Morgan fingerprint density at radius 3 is 2.26 bits per heavy atom. The summed E-state index contributed by atoms with van der Waals surface area (Å²) in [7, 11) is 1.27. The quantitative estimate of drug-likeness (QED) is 0.258. The van der Waals surface area contributed by atoms with E-state index in [1.165, 1.54) is 36.3 Å². The number of aromatic hydroxyl groups is 1. The Morgan fingerprint density at radius 2 is 1.65 bits per heavy atom. The van der Waals surface area contributed by atoms with Crippen molar-refractivity contribution >= 4 is 23.4 Å². The minimum absolute atomic E-state index is 0.00739. The third kappa shape index (κ3) is 4.25. The predicted octanol–water partition coefficient (Wildman–Crippen LogP) is 3.94. The minimum atomic E-state index is -1.00. The molecular formula is C26H20FNO6. The summed E-state index contributed by atoms with van der Waals surface area (Å²) in [6, 6.07) is 16.3. The molecule has 3 aromatic carbocycles. The van der Waals surface area contributed by atoms with Gasteiger partial charge in [0.05, 0.1) is 24.3 Å². The highest BCUT2D eigenvalue weighted by Crippen LogP contribution is 2.41. The van der Waals surface area contributed by atoms with E-state index in [1.807, 2.05) is 0 Å². The van der Waals surface area contributed by atoms with Crippen LogP contribution in [-0.4, -0.2) is 39.9 Å². The van der Waals surface area contributed by atoms with Crippen molar-refractivity contribution in [2.75, 3.05) is 7.11 Å². The van der Waals surface area contributed by atoms with Crippen LogP contribution in [0.3, 0.4) is 0 Å². The van der Waals surface area contributed by atoms with Crippen molar-refractivity contribution < 1.29 is 33.7 Å². The van der Waals surface area contributed by atoms with E-state index in [9.17, 15) is 29.0 Å². The van der Waals surface area contributed by atoms with Crippen LogP contribution in [0.25, 0.3) is 5.76 Å². The maximum Gasteiger partial charge on any atom is 0.337 e. The largest absolute Gasteiger partial charge is 0.508 e. The van der Waals surface area contributed by atoms with Crippen molar-refractivity contribution in [2.24, 2.45) is 0 Å². The Morgan fingerprint density at radius 1 is 1.00 bits per heavy atom. The molecule has 1 amide bonds. The number of likely N-dealkylation sites (tertiary alicyclic amines) is 1. The van der Waals surface area contributed by atoms with Crippen LogP contribution in [-0.2, 0) is 20.9 Å². The van der Waals surface area contributed by atoms with E-state index >= 15 is 0 Å². The number of aliphatic hydroxyl groups excluding tert-OH is 1. The van der Waals surface area contributed by atoms with Gasteiger partial charge in [0.25, 0.3) is 11.7 Å². The van der Waals surface area contributed by atoms with E-state index in [2.05, 4.69) is 4.74 Å². The lowest BCUT2D eigenvalue weighted by Gasteiger charge is -2.25. The number of phenols is 1. The number of carbonyl (C=O) groups is 3. The first-order valence-corrected chi connectivity index (χ1v) is 10.3. The van der Waals surface area contributed by atoms with Gasteiger partial charge < -0.3 is 19.8 Å². The number of Topliss-reactive ketones (excluding diaryl/α,β-unsaturated/α-hetero) is 1. The molecule has 2 N–H and O–H groups in total. The van der Waals surface area contributed by atoms with Crippen molar-refractivity contribution in [1.82, 2.24) is 4.90 Å². The van der Waals surface area contributed by atoms with Gasteiger partial charge in [0.15, 0.2) is 0 Å². The predicted molar refractivity (Wildman–Crippen MR) is 120 cm³/mol. The summed E-state index contributed by atoms with van der Waals surface area (Å²) in [5, 5.41) is 21.0. The summed E-state index contributed by atoms with van der Waals surface area (Å²) < 4.78 is 18.1. The molecule has 0 aromatic heterocycles. The molecule has 1 atom stereocenters. The third-order valence-electron chi connectivity index (χ3n) is 5.57. The second kappa shape index (κ2) is 9.19. The van der Waals surface area contributed by atoms with E-state index < -0.39 is 35.3 Å². The van der Waals surface area contributed by atoms with Gasteiger partial charge in [-0.3, -0.25) is 9.59 Å². The number of ketones is 1. The van der Waals surface area contributed by atoms with Gasteiger partial charge in [-0.1, -0.05) is 24.3 Å². The molecule has 1 aliphatic heterocycles. The maximum atomic E-state index is 13.4. The standard InChI is InChI=1S/C26H20FNO6/c1-34-26(33)17-7-5-15(6-8-17)14-28-22(18-3-2-4-20(29)13-18)21(24(31)25(28)32)23(30)16-9-11-19(27)12-10-16/h2-13,22,29-30H,14H2,1H3/b23-21+. The highest BCUT2D eigenvalue weighted by molar-refractivity contribution is 6.46. The number of ether oxygens (including phenoxy) is 1. The number of carbonyl (C=O) groups excluding carboxylic acids is 3. The Hall–Kier alpha value is -4.46. The zero-order chi connectivity index (χ0) is 24.4. The van der Waals surface area contributed by atoms with Crippen LogP contribution in [0.1, 0.15) is 33.1 Å². The Bertz CT molecular complexity index is 1300. The molecule has 0 radical (unpaired) electrons. The summed E-state index contributed by atoms with van der Waals surface area (Å²) in [6.07, 6.45) is 0. The molecule has 0 spiro atoms. The fourth-order valence-electron chi connectivity index (χ4n) is 3.91. The second-order valence-corrected chi connectivity index (χ2v) is 7.72. The van der Waals surface area contributed by atoms with Gasteiger partial charge in [0, 0.05) is 12.1 Å². The van der Waals surface area contributed by atoms with Crippen LogP contribution in [0.15, 0.2) is 78.4 Å². The fraction of sp³-hybridized carbons (Fsp3) is 0.115. The summed E-state index contributed by atoms with van der Waals surface area (Å²) in [4.78, 5) is 39.0. The van der Waals surface area contributed by atoms with E-state index in [-0.39, 0.29) is 23.4 Å².